The summed E-state index contributed by atoms with van der Waals surface area (Å²) in [5.74, 6) is 1.56. The van der Waals surface area contributed by atoms with Crippen molar-refractivity contribution in [2.24, 2.45) is 11.8 Å². The Balaban J connectivity index is 1.19. The molecule has 2 aliphatic rings. The van der Waals surface area contributed by atoms with Gasteiger partial charge in [0, 0.05) is 54.4 Å². The van der Waals surface area contributed by atoms with Gasteiger partial charge in [0.15, 0.2) is 5.11 Å². The Morgan fingerprint density at radius 3 is 2.30 bits per heavy atom. The van der Waals surface area contributed by atoms with Gasteiger partial charge in [-0.25, -0.2) is 0 Å². The average molecular weight is 517 g/mol. The van der Waals surface area contributed by atoms with E-state index in [0.29, 0.717) is 23.3 Å². The van der Waals surface area contributed by atoms with Gasteiger partial charge in [-0.1, -0.05) is 50.2 Å². The summed E-state index contributed by atoms with van der Waals surface area (Å²) in [7, 11) is 0. The molecule has 0 atom stereocenters. The van der Waals surface area contributed by atoms with Crippen LogP contribution in [0, 0.1) is 11.8 Å². The van der Waals surface area contributed by atoms with Crippen molar-refractivity contribution in [2.75, 3.05) is 13.1 Å². The van der Waals surface area contributed by atoms with Crippen molar-refractivity contribution in [3.8, 4) is 0 Å². The highest BCUT2D eigenvalue weighted by Gasteiger charge is 2.30. The largest absolute Gasteiger partial charge is 0.358 e. The Labute approximate surface area is 226 Å². The van der Waals surface area contributed by atoms with Crippen LogP contribution in [0.25, 0.3) is 10.9 Å². The molecule has 0 spiro atoms. The zero-order valence-corrected chi connectivity index (χ0v) is 23.0. The van der Waals surface area contributed by atoms with Crippen LogP contribution in [0.15, 0.2) is 60.8 Å². The Kier molecular flexibility index (Phi) is 8.26. The van der Waals surface area contributed by atoms with Crippen LogP contribution < -0.4 is 10.6 Å². The lowest BCUT2D eigenvalue weighted by molar-refractivity contribution is 0.0894. The molecule has 196 valence electrons. The molecule has 5 rings (SSSR count). The van der Waals surface area contributed by atoms with Crippen LogP contribution >= 0.6 is 12.2 Å². The molecule has 37 heavy (non-hydrogen) atoms. The Bertz CT molecular complexity index is 1200. The van der Waals surface area contributed by atoms with Crippen molar-refractivity contribution in [3.63, 3.8) is 0 Å². The van der Waals surface area contributed by atoms with Crippen LogP contribution in [0.5, 0.6) is 0 Å². The second-order valence-electron chi connectivity index (χ2n) is 11.2. The first-order valence-electron chi connectivity index (χ1n) is 14.0. The molecule has 2 heterocycles. The SMILES string of the molecule is CC(C)[C@H]1CC[C@@H](N2CCC(n3cc(CNC(=S)NC(=O)c4ccccc4)c4ccccc43)CC2)CC1. The van der Waals surface area contributed by atoms with Crippen molar-refractivity contribution in [3.05, 3.63) is 71.9 Å². The summed E-state index contributed by atoms with van der Waals surface area (Å²) >= 11 is 5.43. The van der Waals surface area contributed by atoms with E-state index in [0.717, 1.165) is 17.9 Å². The number of nitrogens with zero attached hydrogens (tertiary/aromatic N) is 2. The zero-order chi connectivity index (χ0) is 25.8. The van der Waals surface area contributed by atoms with E-state index in [1.165, 1.54) is 68.1 Å². The van der Waals surface area contributed by atoms with E-state index in [9.17, 15) is 4.79 Å². The zero-order valence-electron chi connectivity index (χ0n) is 22.2. The number of rotatable bonds is 6. The smallest absolute Gasteiger partial charge is 0.257 e. The van der Waals surface area contributed by atoms with Crippen LogP contribution in [0.3, 0.4) is 0 Å². The van der Waals surface area contributed by atoms with E-state index in [2.05, 4.69) is 64.4 Å². The predicted octanol–water partition coefficient (Wildman–Crippen LogP) is 6.30. The molecule has 0 unspecified atom stereocenters. The van der Waals surface area contributed by atoms with Gasteiger partial charge in [0.25, 0.3) is 5.91 Å². The van der Waals surface area contributed by atoms with Crippen molar-refractivity contribution in [2.45, 2.75) is 71.0 Å². The molecule has 2 aromatic carbocycles. The number of carbonyl (C=O) groups excluding carboxylic acids is 1. The van der Waals surface area contributed by atoms with Gasteiger partial charge in [-0.2, -0.15) is 0 Å². The number of para-hydroxylation sites is 1. The minimum absolute atomic E-state index is 0.190. The number of aromatic nitrogens is 1. The van der Waals surface area contributed by atoms with E-state index >= 15 is 0 Å². The van der Waals surface area contributed by atoms with Gasteiger partial charge in [-0.15, -0.1) is 0 Å². The van der Waals surface area contributed by atoms with Gasteiger partial charge < -0.3 is 14.8 Å². The molecule has 1 aliphatic heterocycles. The fourth-order valence-corrected chi connectivity index (χ4v) is 6.53. The maximum atomic E-state index is 12.4. The summed E-state index contributed by atoms with van der Waals surface area (Å²) in [6.07, 6.45) is 10.2. The summed E-state index contributed by atoms with van der Waals surface area (Å²) in [6.45, 7) is 7.74. The topological polar surface area (TPSA) is 49.3 Å². The number of hydrogen-bond donors (Lipinski definition) is 2. The first-order valence-corrected chi connectivity index (χ1v) is 14.4. The van der Waals surface area contributed by atoms with E-state index in [-0.39, 0.29) is 5.91 Å². The second-order valence-corrected chi connectivity index (χ2v) is 11.6. The van der Waals surface area contributed by atoms with Crippen LogP contribution in [-0.2, 0) is 6.54 Å². The van der Waals surface area contributed by atoms with Crippen molar-refractivity contribution < 1.29 is 4.79 Å². The first-order chi connectivity index (χ1) is 18.0. The van der Waals surface area contributed by atoms with Crippen LogP contribution in [-0.4, -0.2) is 39.6 Å². The third-order valence-electron chi connectivity index (χ3n) is 8.62. The molecule has 5 nitrogen and oxygen atoms in total. The number of benzene rings is 2. The van der Waals surface area contributed by atoms with Gasteiger partial charge in [-0.05, 0) is 86.3 Å². The van der Waals surface area contributed by atoms with Crippen LogP contribution in [0.1, 0.15) is 74.3 Å². The minimum Gasteiger partial charge on any atom is -0.358 e. The predicted molar refractivity (Wildman–Crippen MR) is 156 cm³/mol. The molecule has 0 bridgehead atoms. The van der Waals surface area contributed by atoms with Crippen LogP contribution in [0.4, 0.5) is 0 Å². The Morgan fingerprint density at radius 1 is 0.919 bits per heavy atom. The van der Waals surface area contributed by atoms with E-state index in [4.69, 9.17) is 12.2 Å². The average Bonchev–Trinajstić information content (AvgIpc) is 3.31. The summed E-state index contributed by atoms with van der Waals surface area (Å²) in [4.78, 5) is 15.2. The maximum absolute atomic E-state index is 12.4. The normalized spacial score (nSPS) is 21.3. The number of nitrogens with one attached hydrogen (secondary N) is 2. The van der Waals surface area contributed by atoms with E-state index in [1.54, 1.807) is 12.1 Å². The number of likely N-dealkylation sites (tertiary alicyclic amines) is 1. The second kappa shape index (κ2) is 11.8. The maximum Gasteiger partial charge on any atom is 0.257 e. The number of carbonyl (C=O) groups is 1. The standard InChI is InChI=1S/C31H40N4OS/c1-22(2)23-12-14-26(15-13-23)34-18-16-27(17-19-34)35-21-25(28-10-6-7-11-29(28)35)20-32-31(37)33-30(36)24-8-4-3-5-9-24/h3-11,21-23,26-27H,12-20H2,1-2H3,(H2,32,33,36,37)/t23-,26+. The fourth-order valence-electron chi connectivity index (χ4n) is 6.37. The third-order valence-corrected chi connectivity index (χ3v) is 8.86. The highest BCUT2D eigenvalue weighted by atomic mass is 32.1. The van der Waals surface area contributed by atoms with Gasteiger partial charge in [0.2, 0.25) is 0 Å². The molecule has 0 radical (unpaired) electrons. The number of thiocarbonyl (C=S) groups is 1. The number of fused-ring (bicyclic) bond motifs is 1. The number of piperidine rings is 1. The molecule has 2 N–H and O–H groups in total. The minimum atomic E-state index is -0.190. The van der Waals surface area contributed by atoms with E-state index < -0.39 is 0 Å². The van der Waals surface area contributed by atoms with E-state index in [1.807, 2.05) is 18.2 Å². The summed E-state index contributed by atoms with van der Waals surface area (Å²) in [5.41, 5.74) is 3.10. The van der Waals surface area contributed by atoms with Gasteiger partial charge in [-0.3, -0.25) is 10.1 Å². The molecular weight excluding hydrogens is 476 g/mol. The summed E-state index contributed by atoms with van der Waals surface area (Å²) in [5, 5.41) is 7.65. The van der Waals surface area contributed by atoms with Gasteiger partial charge >= 0.3 is 0 Å². The number of amides is 1. The highest BCUT2D eigenvalue weighted by molar-refractivity contribution is 7.80. The number of hydrogen-bond acceptors (Lipinski definition) is 3. The summed E-state index contributed by atoms with van der Waals surface area (Å²) < 4.78 is 2.49. The monoisotopic (exact) mass is 516 g/mol. The molecular formula is C31H40N4OS. The lowest BCUT2D eigenvalue weighted by atomic mass is 9.79. The molecule has 1 aromatic heterocycles. The highest BCUT2D eigenvalue weighted by Crippen LogP contribution is 2.35. The molecule has 1 saturated carbocycles. The summed E-state index contributed by atoms with van der Waals surface area (Å²) in [6, 6.07) is 19.1. The lowest BCUT2D eigenvalue weighted by Gasteiger charge is -2.42. The molecule has 3 aromatic rings. The fraction of sp³-hybridized carbons (Fsp3) is 0.484. The van der Waals surface area contributed by atoms with Crippen molar-refractivity contribution in [1.29, 1.82) is 0 Å². The van der Waals surface area contributed by atoms with Gasteiger partial charge in [0.1, 0.15) is 0 Å². The molecule has 1 aliphatic carbocycles. The molecule has 1 saturated heterocycles. The van der Waals surface area contributed by atoms with Gasteiger partial charge in [0.05, 0.1) is 0 Å². The Morgan fingerprint density at radius 2 is 1.59 bits per heavy atom. The third kappa shape index (κ3) is 6.07. The van der Waals surface area contributed by atoms with Crippen LogP contribution in [0.2, 0.25) is 0 Å². The van der Waals surface area contributed by atoms with Crippen molar-refractivity contribution >= 4 is 34.1 Å². The van der Waals surface area contributed by atoms with Crippen molar-refractivity contribution in [1.82, 2.24) is 20.1 Å². The molecule has 1 amide bonds. The Hall–Kier alpha value is -2.70. The quantitative estimate of drug-likeness (QED) is 0.378. The molecule has 2 fully saturated rings. The molecule has 6 heteroatoms. The lowest BCUT2D eigenvalue weighted by Crippen LogP contribution is -2.43. The first kappa shape index (κ1) is 25.9.